The minimum atomic E-state index is -4.56. The number of rotatable bonds is 47. The van der Waals surface area contributed by atoms with E-state index in [1.54, 1.807) is 54.6 Å². The van der Waals surface area contributed by atoms with Gasteiger partial charge in [-0.25, -0.2) is 22.8 Å². The molecule has 19 heteroatoms. The number of anilines is 2. The molecule has 0 saturated carbocycles. The predicted octanol–water partition coefficient (Wildman–Crippen LogP) is 21.1. The Morgan fingerprint density at radius 1 is 0.549 bits per heavy atom. The molecular weight excluding hydrogens is 1250 g/mol. The molecule has 0 atom stereocenters. The summed E-state index contributed by atoms with van der Waals surface area (Å²) in [6.07, 6.45) is 37.8. The number of nitrogens with zero attached hydrogens (tertiary/aromatic N) is 2. The Hall–Kier alpha value is -5.70. The van der Waals surface area contributed by atoms with Gasteiger partial charge < -0.3 is 19.1 Å². The van der Waals surface area contributed by atoms with Crippen molar-refractivity contribution in [3.05, 3.63) is 118 Å². The molecule has 1 aromatic heterocycles. The average Bonchev–Trinajstić information content (AvgIpc) is 1.44. The number of alkyl halides is 3. The highest BCUT2D eigenvalue weighted by atomic mass is 35.6. The van der Waals surface area contributed by atoms with Crippen molar-refractivity contribution in [2.45, 2.75) is 234 Å². The maximum Gasteiger partial charge on any atom is 0.412 e. The third-order valence-corrected chi connectivity index (χ3v) is 18.9. The Morgan fingerprint density at radius 2 is 1.02 bits per heavy atom. The third kappa shape index (κ3) is 28.6. The summed E-state index contributed by atoms with van der Waals surface area (Å²) < 4.78 is 46.6. The summed E-state index contributed by atoms with van der Waals surface area (Å²) in [4.78, 5) is 71.1. The van der Waals surface area contributed by atoms with Crippen LogP contribution >= 0.6 is 46.1 Å². The monoisotopic (exact) mass is 1350 g/mol. The molecule has 91 heavy (non-hydrogen) atoms. The highest BCUT2D eigenvalue weighted by molar-refractivity contribution is 7.92. The first kappa shape index (κ1) is 76.0. The zero-order valence-electron chi connectivity index (χ0n) is 53.8. The number of nitriles is 1. The molecule has 0 unspecified atom stereocenters. The van der Waals surface area contributed by atoms with Gasteiger partial charge in [0.05, 0.1) is 44.6 Å². The number of ketones is 1. The van der Waals surface area contributed by atoms with Crippen molar-refractivity contribution in [3.8, 4) is 11.8 Å². The van der Waals surface area contributed by atoms with Gasteiger partial charge in [-0.2, -0.15) is 5.26 Å². The first-order chi connectivity index (χ1) is 44.1. The molecule has 1 heterocycles. The summed E-state index contributed by atoms with van der Waals surface area (Å²) in [5.74, 6) is -2.75. The van der Waals surface area contributed by atoms with Crippen LogP contribution in [-0.2, 0) is 19.5 Å². The van der Waals surface area contributed by atoms with Crippen LogP contribution in [0.5, 0.6) is 5.75 Å². The van der Waals surface area contributed by atoms with Crippen molar-refractivity contribution in [3.63, 3.8) is 0 Å². The highest BCUT2D eigenvalue weighted by Gasteiger charge is 2.30. The van der Waals surface area contributed by atoms with E-state index in [-0.39, 0.29) is 61.5 Å². The number of hydrogen-bond donors (Lipinski definition) is 2. The number of benzene rings is 4. The van der Waals surface area contributed by atoms with Gasteiger partial charge in [0.25, 0.3) is 15.9 Å². The molecule has 0 aliphatic rings. The molecule has 5 rings (SSSR count). The number of fused-ring (bicyclic) bond motifs is 1. The van der Waals surface area contributed by atoms with E-state index in [4.69, 9.17) is 54.3 Å². The summed E-state index contributed by atoms with van der Waals surface area (Å²) in [7, 11) is -4.56. The van der Waals surface area contributed by atoms with E-state index in [1.165, 1.54) is 190 Å². The number of nitrogens with one attached hydrogen (secondary N) is 2. The number of carbonyl (C=O) groups is 5. The van der Waals surface area contributed by atoms with Crippen molar-refractivity contribution < 1.29 is 46.6 Å². The Morgan fingerprint density at radius 3 is 1.52 bits per heavy atom. The predicted molar refractivity (Wildman–Crippen MR) is 371 cm³/mol. The Labute approximate surface area is 561 Å². The van der Waals surface area contributed by atoms with Crippen molar-refractivity contribution in [2.24, 2.45) is 0 Å². The van der Waals surface area contributed by atoms with Crippen LogP contribution in [0, 0.1) is 11.3 Å². The largest absolute Gasteiger partial charge is 0.461 e. The second-order valence-electron chi connectivity index (χ2n) is 23.7. The quantitative estimate of drug-likeness (QED) is 0.0124. The number of hydrogen-bond acceptors (Lipinski definition) is 12. The second-order valence-corrected chi connectivity index (χ2v) is 28.9. The van der Waals surface area contributed by atoms with Crippen LogP contribution in [-0.4, -0.2) is 73.1 Å². The molecule has 0 bridgehead atoms. The SMILES string of the molecule is CCCCCCCCCCCCCCCCCCN(CCCCCCCCCCCCCCCCCC)C(=O)c1cc(NS(=O)(=O)c2cccc(C(=O)c3cc(C(=O)OCCC#N)c(NC(=O)OCC(Cl)(Cl)Cl)s3)c2)c2ccccc2c1OC(=O)c1ccccc1. The number of thiophene rings is 1. The minimum Gasteiger partial charge on any atom is -0.461 e. The standard InChI is InChI=1S/C72H97Cl3N4O10S2/c1-3-5-7-9-11-13-15-17-19-21-23-25-27-29-31-38-49-79(50-39-32-30-28-26-24-22-20-18-16-14-12-10-8-6-4-2)68(81)61-53-63(59-46-36-37-47-60(59)66(61)89-69(82)56-42-34-33-35-43-56)78-91(85,86)58-45-40-44-57(52-58)65(80)64-54-62(70(83)87-51-41-48-76)67(90-64)77-71(84)88-55-72(73,74)75/h33-37,40,42-47,52-54,78H,3-32,38-39,41,49-51,55H2,1-2H3,(H,77,84). The summed E-state index contributed by atoms with van der Waals surface area (Å²) in [6, 6.07) is 25.0. The van der Waals surface area contributed by atoms with E-state index >= 15 is 4.79 Å². The third-order valence-electron chi connectivity index (χ3n) is 16.1. The Kier molecular flexibility index (Phi) is 36.1. The van der Waals surface area contributed by atoms with Crippen LogP contribution in [0.4, 0.5) is 15.5 Å². The Balaban J connectivity index is 1.37. The number of ether oxygens (including phenoxy) is 3. The first-order valence-electron chi connectivity index (χ1n) is 33.5. The molecule has 0 radical (unpaired) electrons. The van der Waals surface area contributed by atoms with Gasteiger partial charge in [-0.15, -0.1) is 11.3 Å². The lowest BCUT2D eigenvalue weighted by Gasteiger charge is -2.25. The molecular formula is C72H97Cl3N4O10S2. The van der Waals surface area contributed by atoms with E-state index in [2.05, 4.69) is 23.9 Å². The van der Waals surface area contributed by atoms with Crippen LogP contribution in [0.25, 0.3) is 10.8 Å². The lowest BCUT2D eigenvalue weighted by atomic mass is 10.0. The highest BCUT2D eigenvalue weighted by Crippen LogP contribution is 2.39. The van der Waals surface area contributed by atoms with Gasteiger partial charge in [-0.05, 0) is 49.2 Å². The van der Waals surface area contributed by atoms with Crippen molar-refractivity contribution >= 4 is 107 Å². The molecule has 0 fully saturated rings. The maximum atomic E-state index is 15.5. The van der Waals surface area contributed by atoms with Crippen LogP contribution in [0.2, 0.25) is 0 Å². The van der Waals surface area contributed by atoms with Crippen molar-refractivity contribution in [2.75, 3.05) is 36.3 Å². The molecule has 0 aliphatic heterocycles. The normalized spacial score (nSPS) is 11.5. The van der Waals surface area contributed by atoms with Gasteiger partial charge in [0.2, 0.25) is 9.58 Å². The summed E-state index contributed by atoms with van der Waals surface area (Å²) in [5, 5.41) is 11.9. The van der Waals surface area contributed by atoms with Crippen molar-refractivity contribution in [1.82, 2.24) is 4.90 Å². The van der Waals surface area contributed by atoms with Gasteiger partial charge in [0.1, 0.15) is 18.2 Å². The van der Waals surface area contributed by atoms with E-state index in [1.807, 2.05) is 11.0 Å². The Bertz CT molecular complexity index is 3130. The fourth-order valence-corrected chi connectivity index (χ4v) is 13.3. The van der Waals surface area contributed by atoms with E-state index in [9.17, 15) is 27.6 Å². The molecule has 498 valence electrons. The fraction of sp³-hybridized carbons (Fsp3) is 0.556. The topological polar surface area (TPSA) is 198 Å². The van der Waals surface area contributed by atoms with Crippen LogP contribution in [0.15, 0.2) is 95.9 Å². The zero-order chi connectivity index (χ0) is 65.5. The molecule has 2 N–H and O–H groups in total. The second kappa shape index (κ2) is 43.2. The number of esters is 2. The number of halogens is 3. The number of amides is 2. The van der Waals surface area contributed by atoms with Gasteiger partial charge in [-0.1, -0.05) is 296 Å². The van der Waals surface area contributed by atoms with Gasteiger partial charge >= 0.3 is 18.0 Å². The zero-order valence-corrected chi connectivity index (χ0v) is 57.7. The smallest absolute Gasteiger partial charge is 0.412 e. The molecule has 0 spiro atoms. The molecule has 14 nitrogen and oxygen atoms in total. The summed E-state index contributed by atoms with van der Waals surface area (Å²) in [6.45, 7) is 4.52. The lowest BCUT2D eigenvalue weighted by Crippen LogP contribution is -2.33. The molecule has 0 saturated heterocycles. The molecule has 4 aromatic carbocycles. The van der Waals surface area contributed by atoms with Crippen molar-refractivity contribution in [1.29, 1.82) is 5.26 Å². The summed E-state index contributed by atoms with van der Waals surface area (Å²) in [5.41, 5.74) is -0.0237. The summed E-state index contributed by atoms with van der Waals surface area (Å²) >= 11 is 17.9. The number of unbranched alkanes of at least 4 members (excludes halogenated alkanes) is 30. The average molecular weight is 1350 g/mol. The number of sulfonamides is 1. The van der Waals surface area contributed by atoms with Gasteiger partial charge in [0.15, 0.2) is 5.75 Å². The van der Waals surface area contributed by atoms with Gasteiger partial charge in [0, 0.05) is 29.4 Å². The molecule has 2 amide bonds. The van der Waals surface area contributed by atoms with E-state index in [0.717, 1.165) is 51.4 Å². The van der Waals surface area contributed by atoms with Crippen LogP contribution in [0.1, 0.15) is 272 Å². The van der Waals surface area contributed by atoms with Crippen LogP contribution < -0.4 is 14.8 Å². The number of carbonyl (C=O) groups excluding carboxylic acids is 5. The first-order valence-corrected chi connectivity index (χ1v) is 37.0. The van der Waals surface area contributed by atoms with E-state index in [0.29, 0.717) is 35.2 Å². The van der Waals surface area contributed by atoms with Crippen LogP contribution in [0.3, 0.4) is 0 Å². The molecule has 5 aromatic rings. The minimum absolute atomic E-state index is 0.00517. The molecule has 0 aliphatic carbocycles. The van der Waals surface area contributed by atoms with Gasteiger partial charge in [-0.3, -0.25) is 19.6 Å². The fourth-order valence-electron chi connectivity index (χ4n) is 11.1. The van der Waals surface area contributed by atoms with E-state index < -0.39 is 50.1 Å². The maximum absolute atomic E-state index is 15.5. The lowest BCUT2D eigenvalue weighted by molar-refractivity contribution is 0.0514.